The Morgan fingerprint density at radius 1 is 1.14 bits per heavy atom. The highest BCUT2D eigenvalue weighted by Gasteiger charge is 2.33. The van der Waals surface area contributed by atoms with Gasteiger partial charge in [-0.3, -0.25) is 0 Å². The van der Waals surface area contributed by atoms with Crippen molar-refractivity contribution < 1.29 is 22.0 Å². The first-order valence-corrected chi connectivity index (χ1v) is 11.2. The van der Waals surface area contributed by atoms with Gasteiger partial charge in [0.2, 0.25) is 0 Å². The van der Waals surface area contributed by atoms with Crippen LogP contribution < -0.4 is 5.32 Å². The fourth-order valence-electron chi connectivity index (χ4n) is 3.47. The number of carbonyl (C=O) groups is 1. The quantitative estimate of drug-likeness (QED) is 0.782. The van der Waals surface area contributed by atoms with Gasteiger partial charge in [-0.2, -0.15) is 0 Å². The van der Waals surface area contributed by atoms with Crippen LogP contribution in [0.3, 0.4) is 0 Å². The van der Waals surface area contributed by atoms with Gasteiger partial charge in [0.05, 0.1) is 10.8 Å². The molecule has 1 heterocycles. The summed E-state index contributed by atoms with van der Waals surface area (Å²) < 4.78 is 50.6. The minimum atomic E-state index is -3.31. The Kier molecular flexibility index (Phi) is 5.67. The molecule has 0 aliphatic carbocycles. The second-order valence-electron chi connectivity index (χ2n) is 7.81. The van der Waals surface area contributed by atoms with Gasteiger partial charge in [-0.25, -0.2) is 22.0 Å². The number of benzene rings is 2. The molecule has 29 heavy (non-hydrogen) atoms. The molecule has 0 saturated carbocycles. The SMILES string of the molecule is CC(C)(c1ccc(NC(=O)N2CCCC2c2cc(F)ccc2F)cc1)S(C)(=O)=O. The first-order chi connectivity index (χ1) is 13.5. The highest BCUT2D eigenvalue weighted by atomic mass is 32.2. The topological polar surface area (TPSA) is 66.5 Å². The number of carbonyl (C=O) groups excluding carboxylic acids is 1. The summed E-state index contributed by atoms with van der Waals surface area (Å²) in [6, 6.07) is 8.89. The van der Waals surface area contributed by atoms with Crippen LogP contribution in [0.25, 0.3) is 0 Å². The molecule has 8 heteroatoms. The Hall–Kier alpha value is -2.48. The molecule has 156 valence electrons. The number of rotatable bonds is 4. The molecule has 1 aliphatic rings. The van der Waals surface area contributed by atoms with Gasteiger partial charge in [0, 0.05) is 24.1 Å². The van der Waals surface area contributed by atoms with E-state index in [2.05, 4.69) is 5.32 Å². The van der Waals surface area contributed by atoms with Crippen molar-refractivity contribution in [1.29, 1.82) is 0 Å². The third-order valence-corrected chi connectivity index (χ3v) is 7.68. The Morgan fingerprint density at radius 3 is 2.41 bits per heavy atom. The van der Waals surface area contributed by atoms with Crippen molar-refractivity contribution in [2.45, 2.75) is 37.5 Å². The zero-order valence-electron chi connectivity index (χ0n) is 16.6. The number of sulfone groups is 1. The number of nitrogens with one attached hydrogen (secondary N) is 1. The molecule has 5 nitrogen and oxygen atoms in total. The number of urea groups is 1. The maximum Gasteiger partial charge on any atom is 0.322 e. The molecule has 0 radical (unpaired) electrons. The van der Waals surface area contributed by atoms with Gasteiger partial charge in [-0.1, -0.05) is 12.1 Å². The highest BCUT2D eigenvalue weighted by Crippen LogP contribution is 2.34. The number of amides is 2. The van der Waals surface area contributed by atoms with E-state index in [9.17, 15) is 22.0 Å². The van der Waals surface area contributed by atoms with Gasteiger partial charge in [0.25, 0.3) is 0 Å². The lowest BCUT2D eigenvalue weighted by atomic mass is 10.0. The van der Waals surface area contributed by atoms with Gasteiger partial charge in [-0.05, 0) is 62.6 Å². The Morgan fingerprint density at radius 2 is 1.79 bits per heavy atom. The number of hydrogen-bond donors (Lipinski definition) is 1. The van der Waals surface area contributed by atoms with Crippen LogP contribution in [0, 0.1) is 11.6 Å². The molecule has 1 fully saturated rings. The van der Waals surface area contributed by atoms with Gasteiger partial charge in [0.1, 0.15) is 11.6 Å². The van der Waals surface area contributed by atoms with Crippen molar-refractivity contribution >= 4 is 21.6 Å². The predicted molar refractivity (Wildman–Crippen MR) is 108 cm³/mol. The monoisotopic (exact) mass is 422 g/mol. The van der Waals surface area contributed by atoms with Crippen LogP contribution >= 0.6 is 0 Å². The van der Waals surface area contributed by atoms with E-state index in [1.165, 1.54) is 11.2 Å². The van der Waals surface area contributed by atoms with Crippen molar-refractivity contribution in [3.63, 3.8) is 0 Å². The average molecular weight is 422 g/mol. The molecule has 1 saturated heterocycles. The predicted octanol–water partition coefficient (Wildman–Crippen LogP) is 4.61. The third kappa shape index (κ3) is 4.27. The smallest absolute Gasteiger partial charge is 0.317 e. The molecule has 0 spiro atoms. The van der Waals surface area contributed by atoms with Crippen LogP contribution in [-0.4, -0.2) is 32.1 Å². The molecule has 0 bridgehead atoms. The normalized spacial score (nSPS) is 17.4. The fraction of sp³-hybridized carbons (Fsp3) is 0.381. The van der Waals surface area contributed by atoms with Gasteiger partial charge >= 0.3 is 6.03 Å². The summed E-state index contributed by atoms with van der Waals surface area (Å²) in [5.74, 6) is -1.08. The van der Waals surface area contributed by atoms with E-state index < -0.39 is 38.3 Å². The summed E-state index contributed by atoms with van der Waals surface area (Å²) in [5.41, 5.74) is 1.27. The summed E-state index contributed by atoms with van der Waals surface area (Å²) >= 11 is 0. The Labute approximate surface area is 169 Å². The summed E-state index contributed by atoms with van der Waals surface area (Å²) in [6.07, 6.45) is 2.42. The number of likely N-dealkylation sites (tertiary alicyclic amines) is 1. The van der Waals surface area contributed by atoms with E-state index in [1.54, 1.807) is 38.1 Å². The maximum atomic E-state index is 14.2. The molecular weight excluding hydrogens is 398 g/mol. The first kappa shape index (κ1) is 21.2. The molecule has 1 atom stereocenters. The molecule has 2 amide bonds. The fourth-order valence-corrected chi connectivity index (χ4v) is 4.03. The lowest BCUT2D eigenvalue weighted by Crippen LogP contribution is -2.35. The highest BCUT2D eigenvalue weighted by molar-refractivity contribution is 7.91. The minimum Gasteiger partial charge on any atom is -0.317 e. The van der Waals surface area contributed by atoms with Gasteiger partial charge in [-0.15, -0.1) is 0 Å². The van der Waals surface area contributed by atoms with Crippen molar-refractivity contribution in [2.75, 3.05) is 18.1 Å². The van der Waals surface area contributed by atoms with E-state index in [4.69, 9.17) is 0 Å². The van der Waals surface area contributed by atoms with E-state index >= 15 is 0 Å². The van der Waals surface area contributed by atoms with Crippen LogP contribution in [-0.2, 0) is 14.6 Å². The Balaban J connectivity index is 1.77. The van der Waals surface area contributed by atoms with E-state index in [1.807, 2.05) is 0 Å². The van der Waals surface area contributed by atoms with Gasteiger partial charge in [0.15, 0.2) is 9.84 Å². The molecule has 1 N–H and O–H groups in total. The lowest BCUT2D eigenvalue weighted by molar-refractivity contribution is 0.206. The van der Waals surface area contributed by atoms with E-state index in [0.717, 1.165) is 18.2 Å². The molecule has 0 aromatic heterocycles. The van der Waals surface area contributed by atoms with Crippen molar-refractivity contribution in [1.82, 2.24) is 4.90 Å². The number of anilines is 1. The van der Waals surface area contributed by atoms with Crippen LogP contribution in [0.15, 0.2) is 42.5 Å². The van der Waals surface area contributed by atoms with E-state index in [-0.39, 0.29) is 5.56 Å². The third-order valence-electron chi connectivity index (χ3n) is 5.59. The molecule has 2 aromatic carbocycles. The number of nitrogens with zero attached hydrogens (tertiary/aromatic N) is 1. The van der Waals surface area contributed by atoms with Crippen LogP contribution in [0.1, 0.15) is 43.9 Å². The lowest BCUT2D eigenvalue weighted by Gasteiger charge is -2.26. The van der Waals surface area contributed by atoms with E-state index in [0.29, 0.717) is 30.6 Å². The molecule has 1 unspecified atom stereocenters. The van der Waals surface area contributed by atoms with Crippen molar-refractivity contribution in [3.05, 3.63) is 65.2 Å². The summed E-state index contributed by atoms with van der Waals surface area (Å²) in [6.45, 7) is 3.68. The number of halogens is 2. The van der Waals surface area contributed by atoms with Crippen LogP contribution in [0.2, 0.25) is 0 Å². The zero-order chi connectivity index (χ0) is 21.4. The minimum absolute atomic E-state index is 0.169. The summed E-state index contributed by atoms with van der Waals surface area (Å²) in [5, 5.41) is 2.76. The maximum absolute atomic E-state index is 14.2. The van der Waals surface area contributed by atoms with Crippen molar-refractivity contribution in [3.8, 4) is 0 Å². The standard InChI is InChI=1S/C21H24F2N2O3S/c1-21(2,29(3,27)28)14-6-9-16(10-7-14)24-20(26)25-12-4-5-19(25)17-13-15(22)8-11-18(17)23/h6-11,13,19H,4-5,12H2,1-3H3,(H,24,26). The van der Waals surface area contributed by atoms with Crippen molar-refractivity contribution in [2.24, 2.45) is 0 Å². The summed E-state index contributed by atoms with van der Waals surface area (Å²) in [7, 11) is -3.31. The van der Waals surface area contributed by atoms with Crippen LogP contribution in [0.4, 0.5) is 19.3 Å². The average Bonchev–Trinajstić information content (AvgIpc) is 3.13. The largest absolute Gasteiger partial charge is 0.322 e. The molecule has 3 rings (SSSR count). The Bertz CT molecular complexity index is 1020. The zero-order valence-corrected chi connectivity index (χ0v) is 17.4. The molecule has 2 aromatic rings. The second kappa shape index (κ2) is 7.74. The van der Waals surface area contributed by atoms with Gasteiger partial charge < -0.3 is 10.2 Å². The summed E-state index contributed by atoms with van der Waals surface area (Å²) in [4.78, 5) is 14.2. The molecular formula is C21H24F2N2O3S. The molecule has 1 aliphatic heterocycles. The first-order valence-electron chi connectivity index (χ1n) is 9.33. The number of hydrogen-bond acceptors (Lipinski definition) is 3. The second-order valence-corrected chi connectivity index (χ2v) is 10.4. The van der Waals surface area contributed by atoms with Crippen LogP contribution in [0.5, 0.6) is 0 Å².